The zero-order chi connectivity index (χ0) is 7.49. The molecule has 0 aliphatic rings. The van der Waals surface area contributed by atoms with Gasteiger partial charge in [-0.3, -0.25) is 4.74 Å². The van der Waals surface area contributed by atoms with Gasteiger partial charge in [0, 0.05) is 0 Å². The van der Waals surface area contributed by atoms with Crippen LogP contribution in [0.5, 0.6) is 0 Å². The molecule has 0 N–H and O–H groups in total. The topological polar surface area (TPSA) is 49.4 Å². The van der Waals surface area contributed by atoms with Gasteiger partial charge in [0.15, 0.2) is 0 Å². The van der Waals surface area contributed by atoms with Crippen molar-refractivity contribution in [3.63, 3.8) is 0 Å². The summed E-state index contributed by atoms with van der Waals surface area (Å²) in [4.78, 5) is 9.31. The van der Waals surface area contributed by atoms with Gasteiger partial charge in [0.2, 0.25) is 0 Å². The summed E-state index contributed by atoms with van der Waals surface area (Å²) in [5.74, 6) is -1.90. The second-order valence-electron chi connectivity index (χ2n) is 1.11. The van der Waals surface area contributed by atoms with Crippen LogP contribution in [0.1, 0.15) is 0 Å². The number of rotatable bonds is 2. The predicted molar refractivity (Wildman–Crippen MR) is 17.0 cm³/mol. The molecule has 0 aromatic heterocycles. The largest absolute Gasteiger partial charge is 1.00 e. The molecule has 0 saturated heterocycles. The molecule has 0 spiro atoms. The van der Waals surface area contributed by atoms with Crippen LogP contribution in [-0.4, -0.2) is 18.9 Å². The fourth-order valence-corrected chi connectivity index (χ4v) is 0.141. The van der Waals surface area contributed by atoms with Crippen LogP contribution in [0, 0.1) is 0 Å². The van der Waals surface area contributed by atoms with Crippen molar-refractivity contribution in [2.75, 3.05) is 6.61 Å². The first-order valence-corrected chi connectivity index (χ1v) is 1.82. The summed E-state index contributed by atoms with van der Waals surface area (Å²) in [5.41, 5.74) is 0. The molecule has 0 rings (SSSR count). The van der Waals surface area contributed by atoms with Gasteiger partial charge < -0.3 is 9.90 Å². The molecule has 0 amide bonds. The van der Waals surface area contributed by atoms with Crippen molar-refractivity contribution in [2.24, 2.45) is 0 Å². The van der Waals surface area contributed by atoms with Gasteiger partial charge in [-0.15, -0.1) is 13.2 Å². The number of ether oxygens (including phenoxy) is 1. The van der Waals surface area contributed by atoms with Crippen molar-refractivity contribution in [2.45, 2.75) is 6.36 Å². The third-order valence-electron chi connectivity index (χ3n) is 0.354. The van der Waals surface area contributed by atoms with Crippen LogP contribution in [0.3, 0.4) is 0 Å². The van der Waals surface area contributed by atoms with Crippen molar-refractivity contribution >= 4 is 5.97 Å². The van der Waals surface area contributed by atoms with Gasteiger partial charge in [-0.25, -0.2) is 0 Å². The van der Waals surface area contributed by atoms with E-state index in [0.717, 1.165) is 0 Å². The summed E-state index contributed by atoms with van der Waals surface area (Å²) in [6.45, 7) is -1.45. The van der Waals surface area contributed by atoms with Crippen molar-refractivity contribution in [1.82, 2.24) is 0 Å². The number of alkyl halides is 3. The molecule has 0 aliphatic carbocycles. The smallest absolute Gasteiger partial charge is 0.548 e. The third kappa shape index (κ3) is 11.1. The third-order valence-corrected chi connectivity index (χ3v) is 0.354. The molecule has 0 aromatic carbocycles. The Hall–Kier alpha value is 0.220. The minimum absolute atomic E-state index is 0. The van der Waals surface area contributed by atoms with E-state index < -0.39 is 18.9 Å². The van der Waals surface area contributed by atoms with Crippen LogP contribution in [0.15, 0.2) is 0 Å². The number of carbonyl (C=O) groups excluding carboxylic acids is 1. The van der Waals surface area contributed by atoms with Crippen LogP contribution in [0.2, 0.25) is 0 Å². The minimum Gasteiger partial charge on any atom is -0.548 e. The molecule has 0 radical (unpaired) electrons. The van der Waals surface area contributed by atoms with Crippen LogP contribution >= 0.6 is 0 Å². The maximum Gasteiger partial charge on any atom is 1.00 e. The van der Waals surface area contributed by atoms with Crippen LogP contribution in [0.4, 0.5) is 13.2 Å². The minimum atomic E-state index is -4.89. The van der Waals surface area contributed by atoms with Gasteiger partial charge in [0.25, 0.3) is 0 Å². The number of carbonyl (C=O) groups is 1. The van der Waals surface area contributed by atoms with E-state index in [-0.39, 0.29) is 29.6 Å². The van der Waals surface area contributed by atoms with E-state index in [0.29, 0.717) is 0 Å². The fourth-order valence-electron chi connectivity index (χ4n) is 0.141. The van der Waals surface area contributed by atoms with E-state index in [9.17, 15) is 23.1 Å². The molecule has 0 atom stereocenters. The average Bonchev–Trinajstić information content (AvgIpc) is 1.59. The van der Waals surface area contributed by atoms with Crippen molar-refractivity contribution in [1.29, 1.82) is 0 Å². The maximum absolute atomic E-state index is 10.9. The van der Waals surface area contributed by atoms with Crippen molar-refractivity contribution in [3.05, 3.63) is 0 Å². The molecule has 0 fully saturated rings. The van der Waals surface area contributed by atoms with E-state index in [1.165, 1.54) is 0 Å². The average molecular weight is 166 g/mol. The molecule has 0 saturated carbocycles. The Bertz CT molecular complexity index is 112. The summed E-state index contributed by atoms with van der Waals surface area (Å²) in [6, 6.07) is 0. The SMILES string of the molecule is O=C([O-])COC(F)(F)F.[Na+]. The summed E-state index contributed by atoms with van der Waals surface area (Å²) in [7, 11) is 0. The Balaban J connectivity index is 0. The number of hydrogen-bond donors (Lipinski definition) is 0. The Morgan fingerprint density at radius 3 is 2.00 bits per heavy atom. The van der Waals surface area contributed by atoms with Gasteiger partial charge >= 0.3 is 35.9 Å². The molecule has 3 nitrogen and oxygen atoms in total. The van der Waals surface area contributed by atoms with Gasteiger partial charge in [0.05, 0.1) is 12.6 Å². The summed E-state index contributed by atoms with van der Waals surface area (Å²) in [5, 5.41) is 9.31. The van der Waals surface area contributed by atoms with E-state index in [2.05, 4.69) is 4.74 Å². The van der Waals surface area contributed by atoms with Gasteiger partial charge in [0.1, 0.15) is 0 Å². The molecule has 54 valence electrons. The first-order valence-electron chi connectivity index (χ1n) is 1.82. The molecule has 0 unspecified atom stereocenters. The van der Waals surface area contributed by atoms with Crippen LogP contribution < -0.4 is 34.7 Å². The van der Waals surface area contributed by atoms with E-state index in [1.54, 1.807) is 0 Å². The Kier molecular flexibility index (Phi) is 6.36. The van der Waals surface area contributed by atoms with Gasteiger partial charge in [-0.1, -0.05) is 0 Å². The first-order chi connectivity index (χ1) is 3.92. The second kappa shape index (κ2) is 4.95. The number of aliphatic carboxylic acids is 1. The molecule has 0 heterocycles. The van der Waals surface area contributed by atoms with Crippen molar-refractivity contribution in [3.8, 4) is 0 Å². The molecule has 0 bridgehead atoms. The zero-order valence-electron chi connectivity index (χ0n) is 5.07. The molecular weight excluding hydrogens is 164 g/mol. The number of carboxylic acids is 1. The standard InChI is InChI=1S/C3H3F3O3.Na/c4-3(5,6)9-1-2(7)8;/h1H2,(H,7,8);/q;+1/p-1. The maximum atomic E-state index is 10.9. The Morgan fingerprint density at radius 1 is 1.50 bits per heavy atom. The Labute approximate surface area is 76.4 Å². The monoisotopic (exact) mass is 166 g/mol. The molecule has 0 aliphatic heterocycles. The second-order valence-corrected chi connectivity index (χ2v) is 1.11. The van der Waals surface area contributed by atoms with Gasteiger partial charge in [-0.05, 0) is 0 Å². The number of halogens is 3. The van der Waals surface area contributed by atoms with Crippen LogP contribution in [-0.2, 0) is 9.53 Å². The van der Waals surface area contributed by atoms with Crippen molar-refractivity contribution < 1.29 is 57.4 Å². The zero-order valence-corrected chi connectivity index (χ0v) is 7.07. The predicted octanol–water partition coefficient (Wildman–Crippen LogP) is -3.72. The summed E-state index contributed by atoms with van der Waals surface area (Å²) < 4.78 is 35.5. The van der Waals surface area contributed by atoms with E-state index >= 15 is 0 Å². The molecular formula is C3H2F3NaO3. The fraction of sp³-hybridized carbons (Fsp3) is 0.667. The summed E-state index contributed by atoms with van der Waals surface area (Å²) in [6.07, 6.45) is -4.89. The Morgan fingerprint density at radius 2 is 1.90 bits per heavy atom. The number of hydrogen-bond acceptors (Lipinski definition) is 3. The quantitative estimate of drug-likeness (QED) is 0.396. The van der Waals surface area contributed by atoms with E-state index in [4.69, 9.17) is 0 Å². The number of carboxylic acid groups (broad SMARTS) is 1. The van der Waals surface area contributed by atoms with Crippen LogP contribution in [0.25, 0.3) is 0 Å². The van der Waals surface area contributed by atoms with E-state index in [1.807, 2.05) is 0 Å². The van der Waals surface area contributed by atoms with Gasteiger partial charge in [-0.2, -0.15) is 0 Å². The first kappa shape index (κ1) is 12.9. The summed E-state index contributed by atoms with van der Waals surface area (Å²) >= 11 is 0. The molecule has 7 heteroatoms. The normalized spacial score (nSPS) is 10.3. The molecule has 0 aromatic rings. The molecule has 10 heavy (non-hydrogen) atoms.